The number of nitrogens with zero attached hydrogens (tertiary/aromatic N) is 2. The van der Waals surface area contributed by atoms with Crippen LogP contribution in [0.3, 0.4) is 0 Å². The Labute approximate surface area is 144 Å². The van der Waals surface area contributed by atoms with Gasteiger partial charge in [-0.05, 0) is 31.4 Å². The molecule has 1 aliphatic rings. The van der Waals surface area contributed by atoms with Crippen molar-refractivity contribution in [2.75, 3.05) is 13.7 Å². The zero-order valence-electron chi connectivity index (χ0n) is 13.6. The number of carbonyl (C=O) groups excluding carboxylic acids is 2. The largest absolute Gasteiger partial charge is 0.455 e. The molecule has 1 aromatic carbocycles. The van der Waals surface area contributed by atoms with Gasteiger partial charge in [0.05, 0.1) is 22.7 Å². The molecular formula is C18H20N2O3S. The Balaban J connectivity index is 1.51. The molecule has 0 radical (unpaired) electrons. The molecule has 126 valence electrons. The molecule has 1 aliphatic carbocycles. The van der Waals surface area contributed by atoms with Crippen molar-refractivity contribution in [2.24, 2.45) is 5.92 Å². The number of carbonyl (C=O) groups is 2. The number of likely N-dealkylation sites (N-methyl/N-ethyl adjacent to an activating group) is 1. The van der Waals surface area contributed by atoms with Crippen LogP contribution in [0.2, 0.25) is 0 Å². The maximum Gasteiger partial charge on any atom is 0.309 e. The summed E-state index contributed by atoms with van der Waals surface area (Å²) in [6.45, 7) is 0.211. The molecule has 0 saturated carbocycles. The minimum absolute atomic E-state index is 0.114. The molecule has 0 spiro atoms. The molecule has 1 atom stereocenters. The van der Waals surface area contributed by atoms with Crippen LogP contribution in [0.15, 0.2) is 36.4 Å². The SMILES string of the molecule is CN(Cc1nc2ccccc2s1)C(=O)COC(=O)[C@@H]1CC=CCC1. The molecule has 3 rings (SSSR count). The topological polar surface area (TPSA) is 59.5 Å². The fourth-order valence-corrected chi connectivity index (χ4v) is 3.67. The van der Waals surface area contributed by atoms with E-state index in [0.29, 0.717) is 13.0 Å². The number of ether oxygens (including phenoxy) is 1. The zero-order chi connectivity index (χ0) is 16.9. The number of hydrogen-bond acceptors (Lipinski definition) is 5. The standard InChI is InChI=1S/C18H20N2O3S/c1-20(11-16-19-14-9-5-6-10-15(14)24-16)17(21)12-23-18(22)13-7-3-2-4-8-13/h2-3,5-6,9-10,13H,4,7-8,11-12H2,1H3/t13-/m1/s1. The van der Waals surface area contributed by atoms with E-state index >= 15 is 0 Å². The first kappa shape index (κ1) is 16.6. The van der Waals surface area contributed by atoms with Crippen LogP contribution in [-0.2, 0) is 20.9 Å². The highest BCUT2D eigenvalue weighted by Gasteiger charge is 2.22. The fourth-order valence-electron chi connectivity index (χ4n) is 2.65. The number of rotatable bonds is 5. The minimum atomic E-state index is -0.277. The number of amides is 1. The van der Waals surface area contributed by atoms with E-state index in [-0.39, 0.29) is 24.4 Å². The number of fused-ring (bicyclic) bond motifs is 1. The second kappa shape index (κ2) is 7.57. The summed E-state index contributed by atoms with van der Waals surface area (Å²) in [6, 6.07) is 7.88. The maximum atomic E-state index is 12.2. The Morgan fingerprint density at radius 2 is 2.17 bits per heavy atom. The van der Waals surface area contributed by atoms with E-state index in [1.54, 1.807) is 23.3 Å². The number of benzene rings is 1. The first-order chi connectivity index (χ1) is 11.6. The zero-order valence-corrected chi connectivity index (χ0v) is 14.4. The van der Waals surface area contributed by atoms with Gasteiger partial charge in [0.2, 0.25) is 0 Å². The molecule has 0 aliphatic heterocycles. The van der Waals surface area contributed by atoms with Gasteiger partial charge in [-0.1, -0.05) is 24.3 Å². The summed E-state index contributed by atoms with van der Waals surface area (Å²) in [6.07, 6.45) is 6.46. The van der Waals surface area contributed by atoms with E-state index in [9.17, 15) is 9.59 Å². The summed E-state index contributed by atoms with van der Waals surface area (Å²) >= 11 is 1.57. The summed E-state index contributed by atoms with van der Waals surface area (Å²) in [5, 5.41) is 0.871. The molecule has 2 aromatic rings. The van der Waals surface area contributed by atoms with Crippen molar-refractivity contribution in [3.8, 4) is 0 Å². The molecule has 24 heavy (non-hydrogen) atoms. The summed E-state index contributed by atoms with van der Waals surface area (Å²) in [5.41, 5.74) is 0.940. The third kappa shape index (κ3) is 4.00. The molecule has 1 heterocycles. The highest BCUT2D eigenvalue weighted by molar-refractivity contribution is 7.18. The summed E-state index contributed by atoms with van der Waals surface area (Å²) < 4.78 is 6.28. The van der Waals surface area contributed by atoms with Gasteiger partial charge in [0, 0.05) is 7.05 Å². The molecule has 5 nitrogen and oxygen atoms in total. The highest BCUT2D eigenvalue weighted by Crippen LogP contribution is 2.22. The number of para-hydroxylation sites is 1. The Bertz CT molecular complexity index is 735. The average Bonchev–Trinajstić information content (AvgIpc) is 3.02. The smallest absolute Gasteiger partial charge is 0.309 e. The van der Waals surface area contributed by atoms with Crippen LogP contribution in [0.5, 0.6) is 0 Å². The number of allylic oxidation sites excluding steroid dienone is 2. The number of esters is 1. The molecule has 0 saturated heterocycles. The first-order valence-electron chi connectivity index (χ1n) is 8.03. The fraction of sp³-hybridized carbons (Fsp3) is 0.389. The predicted octanol–water partition coefficient (Wildman–Crippen LogP) is 3.15. The Kier molecular flexibility index (Phi) is 5.25. The van der Waals surface area contributed by atoms with Crippen LogP contribution in [0.25, 0.3) is 10.2 Å². The van der Waals surface area contributed by atoms with Gasteiger partial charge in [0.15, 0.2) is 6.61 Å². The number of aromatic nitrogens is 1. The van der Waals surface area contributed by atoms with Crippen molar-refractivity contribution in [3.05, 3.63) is 41.4 Å². The molecular weight excluding hydrogens is 324 g/mol. The number of hydrogen-bond donors (Lipinski definition) is 0. The lowest BCUT2D eigenvalue weighted by molar-refractivity contribution is -0.155. The first-order valence-corrected chi connectivity index (χ1v) is 8.85. The average molecular weight is 344 g/mol. The van der Waals surface area contributed by atoms with E-state index in [0.717, 1.165) is 28.1 Å². The summed E-state index contributed by atoms with van der Waals surface area (Å²) in [7, 11) is 1.70. The Morgan fingerprint density at radius 1 is 1.33 bits per heavy atom. The second-order valence-electron chi connectivity index (χ2n) is 5.91. The lowest BCUT2D eigenvalue weighted by Gasteiger charge is -2.18. The molecule has 0 unspecified atom stereocenters. The molecule has 1 amide bonds. The van der Waals surface area contributed by atoms with Crippen LogP contribution in [-0.4, -0.2) is 35.4 Å². The lowest BCUT2D eigenvalue weighted by Crippen LogP contribution is -2.32. The van der Waals surface area contributed by atoms with Gasteiger partial charge in [-0.2, -0.15) is 0 Å². The van der Waals surface area contributed by atoms with Crippen molar-refractivity contribution in [2.45, 2.75) is 25.8 Å². The molecule has 0 bridgehead atoms. The van der Waals surface area contributed by atoms with Gasteiger partial charge in [-0.3, -0.25) is 9.59 Å². The van der Waals surface area contributed by atoms with Gasteiger partial charge >= 0.3 is 5.97 Å². The Morgan fingerprint density at radius 3 is 2.92 bits per heavy atom. The van der Waals surface area contributed by atoms with Crippen LogP contribution >= 0.6 is 11.3 Å². The van der Waals surface area contributed by atoms with E-state index in [1.165, 1.54) is 0 Å². The molecule has 0 N–H and O–H groups in total. The summed E-state index contributed by atoms with van der Waals surface area (Å²) in [5.74, 6) is -0.604. The molecule has 6 heteroatoms. The normalized spacial score (nSPS) is 17.0. The van der Waals surface area contributed by atoms with Crippen molar-refractivity contribution in [1.82, 2.24) is 9.88 Å². The Hall–Kier alpha value is -2.21. The van der Waals surface area contributed by atoms with Crippen molar-refractivity contribution in [1.29, 1.82) is 0 Å². The monoisotopic (exact) mass is 344 g/mol. The quantitative estimate of drug-likeness (QED) is 0.617. The van der Waals surface area contributed by atoms with Gasteiger partial charge in [-0.15, -0.1) is 11.3 Å². The van der Waals surface area contributed by atoms with E-state index in [2.05, 4.69) is 11.1 Å². The van der Waals surface area contributed by atoms with Gasteiger partial charge < -0.3 is 9.64 Å². The van der Waals surface area contributed by atoms with Gasteiger partial charge in [0.25, 0.3) is 5.91 Å². The van der Waals surface area contributed by atoms with Crippen LogP contribution < -0.4 is 0 Å². The maximum absolute atomic E-state index is 12.2. The van der Waals surface area contributed by atoms with Crippen molar-refractivity contribution in [3.63, 3.8) is 0 Å². The molecule has 0 fully saturated rings. The third-order valence-electron chi connectivity index (χ3n) is 4.08. The third-order valence-corrected chi connectivity index (χ3v) is 5.10. The lowest BCUT2D eigenvalue weighted by atomic mass is 9.95. The predicted molar refractivity (Wildman–Crippen MR) is 93.5 cm³/mol. The van der Waals surface area contributed by atoms with E-state index in [4.69, 9.17) is 4.74 Å². The number of thiazole rings is 1. The summed E-state index contributed by atoms with van der Waals surface area (Å²) in [4.78, 5) is 30.2. The second-order valence-corrected chi connectivity index (χ2v) is 7.03. The minimum Gasteiger partial charge on any atom is -0.455 e. The van der Waals surface area contributed by atoms with E-state index in [1.807, 2.05) is 30.3 Å². The van der Waals surface area contributed by atoms with Crippen LogP contribution in [0.1, 0.15) is 24.3 Å². The van der Waals surface area contributed by atoms with E-state index < -0.39 is 0 Å². The van der Waals surface area contributed by atoms with Crippen LogP contribution in [0.4, 0.5) is 0 Å². The van der Waals surface area contributed by atoms with Gasteiger partial charge in [-0.25, -0.2) is 4.98 Å². The molecule has 1 aromatic heterocycles. The van der Waals surface area contributed by atoms with Gasteiger partial charge in [0.1, 0.15) is 5.01 Å². The highest BCUT2D eigenvalue weighted by atomic mass is 32.1. The van der Waals surface area contributed by atoms with Crippen LogP contribution in [0, 0.1) is 5.92 Å². The van der Waals surface area contributed by atoms with Crippen molar-refractivity contribution < 1.29 is 14.3 Å². The van der Waals surface area contributed by atoms with Crippen molar-refractivity contribution >= 4 is 33.4 Å².